The standard InChI is InChI=1S/C11H24B/c1-6-8-11(9(3)4)10(5)12-7-2/h9-11H,6-8H2,1-5H3. The average molecular weight is 167 g/mol. The Hall–Kier alpha value is 0.0649. The molecule has 71 valence electrons. The summed E-state index contributed by atoms with van der Waals surface area (Å²) in [5.41, 5.74) is 0. The van der Waals surface area contributed by atoms with Gasteiger partial charge in [-0.05, 0) is 11.8 Å². The maximum absolute atomic E-state index is 2.46. The van der Waals surface area contributed by atoms with Crippen LogP contribution in [0.1, 0.15) is 47.5 Å². The lowest BCUT2D eigenvalue weighted by atomic mass is 9.56. The van der Waals surface area contributed by atoms with Gasteiger partial charge in [0, 0.05) is 0 Å². The molecule has 0 aromatic carbocycles. The lowest BCUT2D eigenvalue weighted by molar-refractivity contribution is 0.344. The van der Waals surface area contributed by atoms with Crippen LogP contribution in [0.2, 0.25) is 12.1 Å². The maximum atomic E-state index is 2.46. The van der Waals surface area contributed by atoms with Crippen molar-refractivity contribution in [2.24, 2.45) is 11.8 Å². The third-order valence-corrected chi connectivity index (χ3v) is 2.76. The third-order valence-electron chi connectivity index (χ3n) is 2.76. The van der Waals surface area contributed by atoms with E-state index in [-0.39, 0.29) is 0 Å². The summed E-state index contributed by atoms with van der Waals surface area (Å²) >= 11 is 0. The lowest BCUT2D eigenvalue weighted by Crippen LogP contribution is -2.17. The molecule has 1 radical (unpaired) electrons. The van der Waals surface area contributed by atoms with Gasteiger partial charge in [-0.2, -0.15) is 0 Å². The van der Waals surface area contributed by atoms with Crippen LogP contribution in [0, 0.1) is 11.8 Å². The molecule has 0 rings (SSSR count). The smallest absolute Gasteiger partial charge is 0.0827 e. The Kier molecular flexibility index (Phi) is 6.60. The van der Waals surface area contributed by atoms with Crippen molar-refractivity contribution in [2.45, 2.75) is 59.6 Å². The monoisotopic (exact) mass is 167 g/mol. The van der Waals surface area contributed by atoms with Gasteiger partial charge < -0.3 is 0 Å². The molecule has 2 unspecified atom stereocenters. The van der Waals surface area contributed by atoms with Crippen LogP contribution in [0.25, 0.3) is 0 Å². The van der Waals surface area contributed by atoms with Crippen molar-refractivity contribution in [3.63, 3.8) is 0 Å². The topological polar surface area (TPSA) is 0 Å². The summed E-state index contributed by atoms with van der Waals surface area (Å²) in [5, 5.41) is 0. The Balaban J connectivity index is 3.90. The van der Waals surface area contributed by atoms with Crippen LogP contribution in [0.3, 0.4) is 0 Å². The molecule has 1 heteroatoms. The average Bonchev–Trinajstić information content (AvgIpc) is 1.99. The minimum absolute atomic E-state index is 0.801. The first kappa shape index (κ1) is 12.1. The van der Waals surface area contributed by atoms with E-state index in [0.29, 0.717) is 0 Å². The summed E-state index contributed by atoms with van der Waals surface area (Å²) in [6.07, 6.45) is 3.92. The van der Waals surface area contributed by atoms with Crippen LogP contribution in [-0.2, 0) is 0 Å². The SMILES string of the molecule is CC[B]C(C)C(CCC)C(C)C. The fourth-order valence-electron chi connectivity index (χ4n) is 2.08. The first-order valence-electron chi connectivity index (χ1n) is 5.46. The fourth-order valence-corrected chi connectivity index (χ4v) is 2.08. The van der Waals surface area contributed by atoms with Crippen molar-refractivity contribution in [1.29, 1.82) is 0 Å². The van der Waals surface area contributed by atoms with Gasteiger partial charge in [0.25, 0.3) is 0 Å². The van der Waals surface area contributed by atoms with Gasteiger partial charge >= 0.3 is 0 Å². The van der Waals surface area contributed by atoms with Crippen LogP contribution < -0.4 is 0 Å². The normalized spacial score (nSPS) is 16.2. The van der Waals surface area contributed by atoms with Crippen molar-refractivity contribution < 1.29 is 0 Å². The Morgan fingerprint density at radius 2 is 1.67 bits per heavy atom. The molecular formula is C11H24B. The second-order valence-corrected chi connectivity index (χ2v) is 4.20. The Labute approximate surface area is 79.4 Å². The summed E-state index contributed by atoms with van der Waals surface area (Å²) in [4.78, 5) is 0. The van der Waals surface area contributed by atoms with Crippen molar-refractivity contribution >= 4 is 7.28 Å². The second kappa shape index (κ2) is 6.57. The highest BCUT2D eigenvalue weighted by Gasteiger charge is 2.19. The quantitative estimate of drug-likeness (QED) is 0.524. The molecule has 0 bridgehead atoms. The molecule has 0 aliphatic rings. The predicted molar refractivity (Wildman–Crippen MR) is 58.9 cm³/mol. The number of hydrogen-bond donors (Lipinski definition) is 0. The van der Waals surface area contributed by atoms with Crippen LogP contribution in [0.4, 0.5) is 0 Å². The summed E-state index contributed by atoms with van der Waals surface area (Å²) in [5.74, 6) is 2.53. The molecule has 0 saturated heterocycles. The first-order valence-corrected chi connectivity index (χ1v) is 5.46. The summed E-state index contributed by atoms with van der Waals surface area (Å²) in [6, 6.07) is 0. The van der Waals surface area contributed by atoms with Gasteiger partial charge in [-0.1, -0.05) is 59.6 Å². The van der Waals surface area contributed by atoms with E-state index in [0.717, 1.165) is 17.7 Å². The highest BCUT2D eigenvalue weighted by molar-refractivity contribution is 6.37. The minimum Gasteiger partial charge on any atom is -0.0827 e. The van der Waals surface area contributed by atoms with Gasteiger partial charge in [0.1, 0.15) is 7.28 Å². The maximum Gasteiger partial charge on any atom is 0.113 e. The van der Waals surface area contributed by atoms with Crippen molar-refractivity contribution in [1.82, 2.24) is 0 Å². The molecule has 0 nitrogen and oxygen atoms in total. The molecule has 0 aromatic rings. The molecule has 0 saturated carbocycles. The number of rotatable bonds is 6. The molecular weight excluding hydrogens is 143 g/mol. The number of hydrogen-bond acceptors (Lipinski definition) is 0. The largest absolute Gasteiger partial charge is 0.113 e. The van der Waals surface area contributed by atoms with Crippen LogP contribution >= 0.6 is 0 Å². The molecule has 0 aliphatic heterocycles. The molecule has 2 atom stereocenters. The highest BCUT2D eigenvalue weighted by atomic mass is 14.2. The molecule has 0 amide bonds. The van der Waals surface area contributed by atoms with Crippen molar-refractivity contribution in [2.75, 3.05) is 0 Å². The minimum atomic E-state index is 0.801. The van der Waals surface area contributed by atoms with Gasteiger partial charge in [0.2, 0.25) is 0 Å². The Morgan fingerprint density at radius 3 is 2.00 bits per heavy atom. The summed E-state index contributed by atoms with van der Waals surface area (Å²) < 4.78 is 0. The van der Waals surface area contributed by atoms with Gasteiger partial charge in [0.15, 0.2) is 0 Å². The van der Waals surface area contributed by atoms with Crippen LogP contribution in [-0.4, -0.2) is 7.28 Å². The van der Waals surface area contributed by atoms with Gasteiger partial charge in [-0.15, -0.1) is 0 Å². The fraction of sp³-hybridized carbons (Fsp3) is 1.00. The summed E-state index contributed by atoms with van der Waals surface area (Å²) in [7, 11) is 2.46. The first-order chi connectivity index (χ1) is 5.63. The zero-order chi connectivity index (χ0) is 9.56. The van der Waals surface area contributed by atoms with E-state index in [1.54, 1.807) is 0 Å². The Morgan fingerprint density at radius 1 is 1.08 bits per heavy atom. The zero-order valence-corrected chi connectivity index (χ0v) is 9.43. The summed E-state index contributed by atoms with van der Waals surface area (Å²) in [6.45, 7) is 11.6. The van der Waals surface area contributed by atoms with Crippen LogP contribution in [0.5, 0.6) is 0 Å². The van der Waals surface area contributed by atoms with E-state index in [4.69, 9.17) is 0 Å². The van der Waals surface area contributed by atoms with E-state index >= 15 is 0 Å². The molecule has 12 heavy (non-hydrogen) atoms. The second-order valence-electron chi connectivity index (χ2n) is 4.20. The molecule has 0 aromatic heterocycles. The van der Waals surface area contributed by atoms with E-state index in [9.17, 15) is 0 Å². The Bertz CT molecular complexity index is 99.2. The van der Waals surface area contributed by atoms with Crippen molar-refractivity contribution in [3.8, 4) is 0 Å². The van der Waals surface area contributed by atoms with E-state index in [2.05, 4.69) is 41.9 Å². The van der Waals surface area contributed by atoms with E-state index in [1.807, 2.05) is 0 Å². The highest BCUT2D eigenvalue weighted by Crippen LogP contribution is 2.29. The zero-order valence-electron chi connectivity index (χ0n) is 9.43. The van der Waals surface area contributed by atoms with E-state index < -0.39 is 0 Å². The lowest BCUT2D eigenvalue weighted by Gasteiger charge is -2.26. The molecule has 0 heterocycles. The van der Waals surface area contributed by atoms with E-state index in [1.165, 1.54) is 19.2 Å². The van der Waals surface area contributed by atoms with Gasteiger partial charge in [-0.25, -0.2) is 0 Å². The van der Waals surface area contributed by atoms with Gasteiger partial charge in [0.05, 0.1) is 0 Å². The molecule has 0 spiro atoms. The molecule has 0 N–H and O–H groups in total. The van der Waals surface area contributed by atoms with Gasteiger partial charge in [-0.3, -0.25) is 0 Å². The molecule has 0 fully saturated rings. The van der Waals surface area contributed by atoms with Crippen LogP contribution in [0.15, 0.2) is 0 Å². The predicted octanol–water partition coefficient (Wildman–Crippen LogP) is 4.01. The molecule has 0 aliphatic carbocycles. The van der Waals surface area contributed by atoms with Crippen molar-refractivity contribution in [3.05, 3.63) is 0 Å². The third kappa shape index (κ3) is 4.18.